The highest BCUT2D eigenvalue weighted by atomic mass is 15.2. The van der Waals surface area contributed by atoms with Gasteiger partial charge in [-0.25, -0.2) is 0 Å². The second-order valence-corrected chi connectivity index (χ2v) is 5.56. The largest absolute Gasteiger partial charge is 0.365 e. The summed E-state index contributed by atoms with van der Waals surface area (Å²) in [6, 6.07) is 9.90. The lowest BCUT2D eigenvalue weighted by Gasteiger charge is -2.43. The lowest BCUT2D eigenvalue weighted by molar-refractivity contribution is 0.349. The third kappa shape index (κ3) is 2.63. The van der Waals surface area contributed by atoms with E-state index < -0.39 is 0 Å². The lowest BCUT2D eigenvalue weighted by Crippen LogP contribution is -2.57. The summed E-state index contributed by atoms with van der Waals surface area (Å²) in [6.45, 7) is 11.3. The first-order valence-corrected chi connectivity index (χ1v) is 6.65. The number of para-hydroxylation sites is 1. The van der Waals surface area contributed by atoms with Gasteiger partial charge in [-0.3, -0.25) is 0 Å². The summed E-state index contributed by atoms with van der Waals surface area (Å²) in [5.74, 6) is 0.676. The Kier molecular flexibility index (Phi) is 3.72. The Balaban J connectivity index is 2.29. The average Bonchev–Trinajstić information content (AvgIpc) is 2.29. The van der Waals surface area contributed by atoms with Crippen LogP contribution >= 0.6 is 0 Å². The summed E-state index contributed by atoms with van der Waals surface area (Å²) in [5.41, 5.74) is 2.78. The van der Waals surface area contributed by atoms with E-state index in [9.17, 15) is 0 Å². The topological polar surface area (TPSA) is 15.3 Å². The molecule has 0 amide bonds. The van der Waals surface area contributed by atoms with Crippen LogP contribution in [0.5, 0.6) is 0 Å². The van der Waals surface area contributed by atoms with E-state index in [4.69, 9.17) is 0 Å². The minimum absolute atomic E-state index is 0.574. The molecular formula is C15H24N2. The van der Waals surface area contributed by atoms with Crippen molar-refractivity contribution in [3.63, 3.8) is 0 Å². The van der Waals surface area contributed by atoms with E-state index in [0.717, 1.165) is 13.1 Å². The normalized spacial score (nSPS) is 25.4. The molecule has 2 unspecified atom stereocenters. The molecule has 1 aromatic carbocycles. The fraction of sp³-hybridized carbons (Fsp3) is 0.600. The van der Waals surface area contributed by atoms with E-state index in [2.05, 4.69) is 62.2 Å². The first-order valence-electron chi connectivity index (χ1n) is 6.65. The van der Waals surface area contributed by atoms with Gasteiger partial charge in [0.1, 0.15) is 0 Å². The molecule has 17 heavy (non-hydrogen) atoms. The lowest BCUT2D eigenvalue weighted by atomic mass is 9.97. The Morgan fingerprint density at radius 1 is 1.29 bits per heavy atom. The van der Waals surface area contributed by atoms with E-state index in [-0.39, 0.29) is 0 Å². The zero-order chi connectivity index (χ0) is 12.4. The number of piperazine rings is 1. The highest BCUT2D eigenvalue weighted by molar-refractivity contribution is 5.54. The standard InChI is InChI=1S/C15H24N2/c1-11(2)15-9-16-13(4)10-17(15)14-8-6-5-7-12(14)3/h5-8,11,13,15-16H,9-10H2,1-4H3. The van der Waals surface area contributed by atoms with E-state index in [1.54, 1.807) is 0 Å². The van der Waals surface area contributed by atoms with Crippen molar-refractivity contribution < 1.29 is 0 Å². The number of rotatable bonds is 2. The molecule has 0 aliphatic carbocycles. The van der Waals surface area contributed by atoms with Crippen molar-refractivity contribution >= 4 is 5.69 Å². The zero-order valence-electron chi connectivity index (χ0n) is 11.4. The number of hydrogen-bond acceptors (Lipinski definition) is 2. The number of benzene rings is 1. The molecule has 2 heteroatoms. The third-order valence-corrected chi connectivity index (χ3v) is 3.74. The van der Waals surface area contributed by atoms with Crippen LogP contribution in [-0.2, 0) is 0 Å². The third-order valence-electron chi connectivity index (χ3n) is 3.74. The van der Waals surface area contributed by atoms with Crippen LogP contribution in [0.25, 0.3) is 0 Å². The molecule has 0 bridgehead atoms. The van der Waals surface area contributed by atoms with E-state index in [0.29, 0.717) is 18.0 Å². The van der Waals surface area contributed by atoms with Crippen molar-refractivity contribution in [2.24, 2.45) is 5.92 Å². The SMILES string of the molecule is Cc1ccccc1N1CC(C)NCC1C(C)C. The van der Waals surface area contributed by atoms with Gasteiger partial charge >= 0.3 is 0 Å². The van der Waals surface area contributed by atoms with Gasteiger partial charge in [0.2, 0.25) is 0 Å². The van der Waals surface area contributed by atoms with Gasteiger partial charge in [-0.1, -0.05) is 32.0 Å². The number of aryl methyl sites for hydroxylation is 1. The average molecular weight is 232 g/mol. The molecule has 0 aromatic heterocycles. The van der Waals surface area contributed by atoms with Crippen LogP contribution in [0.3, 0.4) is 0 Å². The summed E-state index contributed by atoms with van der Waals surface area (Å²) in [6.07, 6.45) is 0. The molecule has 94 valence electrons. The highest BCUT2D eigenvalue weighted by Gasteiger charge is 2.28. The predicted octanol–water partition coefficient (Wildman–Crippen LogP) is 2.82. The van der Waals surface area contributed by atoms with Crippen molar-refractivity contribution in [3.8, 4) is 0 Å². The fourth-order valence-electron chi connectivity index (χ4n) is 2.69. The second-order valence-electron chi connectivity index (χ2n) is 5.56. The zero-order valence-corrected chi connectivity index (χ0v) is 11.4. The van der Waals surface area contributed by atoms with E-state index in [1.165, 1.54) is 11.3 Å². The molecule has 0 spiro atoms. The smallest absolute Gasteiger partial charge is 0.0438 e. The van der Waals surface area contributed by atoms with Crippen LogP contribution in [-0.4, -0.2) is 25.2 Å². The summed E-state index contributed by atoms with van der Waals surface area (Å²) < 4.78 is 0. The van der Waals surface area contributed by atoms with Gasteiger partial charge in [0.25, 0.3) is 0 Å². The minimum Gasteiger partial charge on any atom is -0.365 e. The van der Waals surface area contributed by atoms with Crippen LogP contribution in [0.2, 0.25) is 0 Å². The Labute approximate surface area is 105 Å². The molecule has 0 radical (unpaired) electrons. The Morgan fingerprint density at radius 2 is 2.00 bits per heavy atom. The number of nitrogens with zero attached hydrogens (tertiary/aromatic N) is 1. The number of hydrogen-bond donors (Lipinski definition) is 1. The maximum absolute atomic E-state index is 3.59. The molecule has 1 fully saturated rings. The van der Waals surface area contributed by atoms with Gasteiger partial charge in [-0.15, -0.1) is 0 Å². The fourth-order valence-corrected chi connectivity index (χ4v) is 2.69. The monoisotopic (exact) mass is 232 g/mol. The van der Waals surface area contributed by atoms with Gasteiger partial charge < -0.3 is 10.2 Å². The maximum atomic E-state index is 3.59. The first-order chi connectivity index (χ1) is 8.09. The highest BCUT2D eigenvalue weighted by Crippen LogP contribution is 2.26. The van der Waals surface area contributed by atoms with E-state index in [1.807, 2.05) is 0 Å². The molecule has 1 heterocycles. The van der Waals surface area contributed by atoms with Crippen molar-refractivity contribution in [1.29, 1.82) is 0 Å². The summed E-state index contributed by atoms with van der Waals surface area (Å²) in [5, 5.41) is 3.59. The summed E-state index contributed by atoms with van der Waals surface area (Å²) in [4.78, 5) is 2.58. The first kappa shape index (κ1) is 12.4. The summed E-state index contributed by atoms with van der Waals surface area (Å²) >= 11 is 0. The summed E-state index contributed by atoms with van der Waals surface area (Å²) in [7, 11) is 0. The Morgan fingerprint density at radius 3 is 2.65 bits per heavy atom. The molecule has 1 N–H and O–H groups in total. The Bertz CT molecular complexity index is 373. The van der Waals surface area contributed by atoms with E-state index >= 15 is 0 Å². The van der Waals surface area contributed by atoms with Crippen LogP contribution in [0.15, 0.2) is 24.3 Å². The number of nitrogens with one attached hydrogen (secondary N) is 1. The molecule has 2 nitrogen and oxygen atoms in total. The van der Waals surface area contributed by atoms with Crippen LogP contribution in [0, 0.1) is 12.8 Å². The second kappa shape index (κ2) is 5.09. The minimum atomic E-state index is 0.574. The molecule has 2 rings (SSSR count). The van der Waals surface area contributed by atoms with Gasteiger partial charge in [0.15, 0.2) is 0 Å². The molecule has 1 aliphatic rings. The molecule has 1 aliphatic heterocycles. The van der Waals surface area contributed by atoms with Crippen molar-refractivity contribution in [2.75, 3.05) is 18.0 Å². The molecule has 1 aromatic rings. The van der Waals surface area contributed by atoms with Crippen molar-refractivity contribution in [3.05, 3.63) is 29.8 Å². The van der Waals surface area contributed by atoms with Crippen LogP contribution < -0.4 is 10.2 Å². The van der Waals surface area contributed by atoms with Gasteiger partial charge in [0.05, 0.1) is 0 Å². The molecule has 2 atom stereocenters. The Hall–Kier alpha value is -1.02. The molecular weight excluding hydrogens is 208 g/mol. The quantitative estimate of drug-likeness (QED) is 0.843. The predicted molar refractivity (Wildman–Crippen MR) is 74.6 cm³/mol. The van der Waals surface area contributed by atoms with Gasteiger partial charge in [-0.2, -0.15) is 0 Å². The van der Waals surface area contributed by atoms with Gasteiger partial charge in [0, 0.05) is 30.9 Å². The number of anilines is 1. The van der Waals surface area contributed by atoms with Crippen molar-refractivity contribution in [2.45, 2.75) is 39.8 Å². The maximum Gasteiger partial charge on any atom is 0.0438 e. The molecule has 1 saturated heterocycles. The van der Waals surface area contributed by atoms with Crippen molar-refractivity contribution in [1.82, 2.24) is 5.32 Å². The van der Waals surface area contributed by atoms with Crippen LogP contribution in [0.4, 0.5) is 5.69 Å². The van der Waals surface area contributed by atoms with Crippen LogP contribution in [0.1, 0.15) is 26.3 Å². The van der Waals surface area contributed by atoms with Gasteiger partial charge in [-0.05, 0) is 31.4 Å². The molecule has 0 saturated carbocycles.